The lowest BCUT2D eigenvalue weighted by Gasteiger charge is -2.31. The topological polar surface area (TPSA) is 50.2 Å². The predicted octanol–water partition coefficient (Wildman–Crippen LogP) is 3.49. The maximum Gasteiger partial charge on any atom is 0.274 e. The minimum absolute atomic E-state index is 0.0129. The molecule has 1 amide bonds. The summed E-state index contributed by atoms with van der Waals surface area (Å²) in [4.78, 5) is 15.0. The largest absolute Gasteiger partial charge is 0.337 e. The molecule has 1 aliphatic heterocycles. The van der Waals surface area contributed by atoms with Crippen LogP contribution in [0.15, 0.2) is 18.2 Å². The molecule has 1 aromatic heterocycles. The second-order valence-corrected chi connectivity index (χ2v) is 7.88. The normalized spacial score (nSPS) is 17.3. The van der Waals surface area contributed by atoms with Crippen molar-refractivity contribution in [2.75, 3.05) is 20.1 Å². The van der Waals surface area contributed by atoms with Gasteiger partial charge in [0.2, 0.25) is 0 Å². The van der Waals surface area contributed by atoms with E-state index < -0.39 is 0 Å². The number of carbonyl (C=O) groups is 1. The van der Waals surface area contributed by atoms with Crippen molar-refractivity contribution >= 4 is 29.1 Å². The molecular formula is C19H22Cl2N4O. The standard InChI is InChI=1S/C19H22Cl2N4O/c1-24(13-7-9-22-10-8-13)19(26)18-14-3-2-4-16(14)25(23-18)17-6-5-12(20)11-15(17)21/h5-6,11,13,22H,2-4,7-10H2,1H3. The van der Waals surface area contributed by atoms with E-state index in [-0.39, 0.29) is 11.9 Å². The molecule has 26 heavy (non-hydrogen) atoms. The Morgan fingerprint density at radius 3 is 2.77 bits per heavy atom. The molecule has 0 bridgehead atoms. The zero-order valence-corrected chi connectivity index (χ0v) is 16.3. The van der Waals surface area contributed by atoms with E-state index in [0.717, 1.165) is 62.1 Å². The van der Waals surface area contributed by atoms with Crippen LogP contribution in [0.25, 0.3) is 5.69 Å². The highest BCUT2D eigenvalue weighted by Gasteiger charge is 2.31. The van der Waals surface area contributed by atoms with Gasteiger partial charge in [-0.15, -0.1) is 0 Å². The van der Waals surface area contributed by atoms with Crippen LogP contribution in [0.2, 0.25) is 10.0 Å². The van der Waals surface area contributed by atoms with E-state index >= 15 is 0 Å². The average Bonchev–Trinajstić information content (AvgIpc) is 3.24. The number of amides is 1. The maximum absolute atomic E-state index is 13.2. The number of carbonyl (C=O) groups excluding carboxylic acids is 1. The highest BCUT2D eigenvalue weighted by molar-refractivity contribution is 6.35. The highest BCUT2D eigenvalue weighted by Crippen LogP contribution is 2.32. The molecule has 2 aliphatic rings. The van der Waals surface area contributed by atoms with Crippen molar-refractivity contribution in [3.05, 3.63) is 45.2 Å². The molecular weight excluding hydrogens is 371 g/mol. The molecule has 1 aliphatic carbocycles. The lowest BCUT2D eigenvalue weighted by atomic mass is 10.0. The Hall–Kier alpha value is -1.56. The van der Waals surface area contributed by atoms with Crippen molar-refractivity contribution in [3.63, 3.8) is 0 Å². The number of hydrogen-bond acceptors (Lipinski definition) is 3. The van der Waals surface area contributed by atoms with Crippen LogP contribution in [0.4, 0.5) is 0 Å². The third-order valence-corrected chi connectivity index (χ3v) is 5.99. The predicted molar refractivity (Wildman–Crippen MR) is 104 cm³/mol. The fourth-order valence-electron chi connectivity index (χ4n) is 3.99. The van der Waals surface area contributed by atoms with Crippen LogP contribution in [-0.2, 0) is 12.8 Å². The van der Waals surface area contributed by atoms with Gasteiger partial charge in [-0.25, -0.2) is 4.68 Å². The van der Waals surface area contributed by atoms with Crippen molar-refractivity contribution in [1.29, 1.82) is 0 Å². The maximum atomic E-state index is 13.2. The molecule has 5 nitrogen and oxygen atoms in total. The molecule has 1 saturated heterocycles. The van der Waals surface area contributed by atoms with Gasteiger partial charge >= 0.3 is 0 Å². The van der Waals surface area contributed by atoms with E-state index in [1.807, 2.05) is 22.7 Å². The fourth-order valence-corrected chi connectivity index (χ4v) is 4.48. The molecule has 7 heteroatoms. The molecule has 4 rings (SSSR count). The minimum Gasteiger partial charge on any atom is -0.337 e. The highest BCUT2D eigenvalue weighted by atomic mass is 35.5. The first-order chi connectivity index (χ1) is 12.6. The zero-order chi connectivity index (χ0) is 18.3. The van der Waals surface area contributed by atoms with Crippen LogP contribution in [-0.4, -0.2) is 46.8 Å². The van der Waals surface area contributed by atoms with Gasteiger partial charge in [-0.3, -0.25) is 4.79 Å². The molecule has 138 valence electrons. The van der Waals surface area contributed by atoms with Gasteiger partial charge in [0, 0.05) is 29.4 Å². The number of hydrogen-bond donors (Lipinski definition) is 1. The Balaban J connectivity index is 1.70. The van der Waals surface area contributed by atoms with E-state index in [1.54, 1.807) is 12.1 Å². The van der Waals surface area contributed by atoms with E-state index in [0.29, 0.717) is 15.7 Å². The summed E-state index contributed by atoms with van der Waals surface area (Å²) in [6.07, 6.45) is 4.80. The van der Waals surface area contributed by atoms with Crippen molar-refractivity contribution < 1.29 is 4.79 Å². The molecule has 1 fully saturated rings. The molecule has 0 unspecified atom stereocenters. The molecule has 0 spiro atoms. The first-order valence-electron chi connectivity index (χ1n) is 9.10. The summed E-state index contributed by atoms with van der Waals surface area (Å²) in [5.74, 6) is 0.0129. The summed E-state index contributed by atoms with van der Waals surface area (Å²) < 4.78 is 1.84. The summed E-state index contributed by atoms with van der Waals surface area (Å²) in [6, 6.07) is 5.64. The monoisotopic (exact) mass is 392 g/mol. The van der Waals surface area contributed by atoms with E-state index in [9.17, 15) is 4.79 Å². The van der Waals surface area contributed by atoms with Crippen molar-refractivity contribution in [1.82, 2.24) is 20.0 Å². The van der Waals surface area contributed by atoms with Gasteiger partial charge in [-0.2, -0.15) is 5.10 Å². The summed E-state index contributed by atoms with van der Waals surface area (Å²) in [5, 5.41) is 9.16. The first kappa shape index (κ1) is 17.8. The molecule has 2 aromatic rings. The Morgan fingerprint density at radius 1 is 1.27 bits per heavy atom. The number of nitrogens with zero attached hydrogens (tertiary/aromatic N) is 3. The van der Waals surface area contributed by atoms with Gasteiger partial charge in [0.1, 0.15) is 0 Å². The van der Waals surface area contributed by atoms with E-state index in [1.165, 1.54) is 0 Å². The van der Waals surface area contributed by atoms with Crippen molar-refractivity contribution in [2.45, 2.75) is 38.1 Å². The van der Waals surface area contributed by atoms with Crippen LogP contribution in [0, 0.1) is 0 Å². The summed E-state index contributed by atoms with van der Waals surface area (Å²) in [7, 11) is 1.90. The zero-order valence-electron chi connectivity index (χ0n) is 14.8. The van der Waals surface area contributed by atoms with Crippen LogP contribution in [0.1, 0.15) is 41.0 Å². The molecule has 0 saturated carbocycles. The number of halogens is 2. The van der Waals surface area contributed by atoms with Crippen LogP contribution >= 0.6 is 23.2 Å². The third-order valence-electron chi connectivity index (χ3n) is 5.45. The van der Waals surface area contributed by atoms with E-state index in [2.05, 4.69) is 5.32 Å². The second kappa shape index (κ2) is 7.22. The smallest absolute Gasteiger partial charge is 0.274 e. The van der Waals surface area contributed by atoms with Crippen LogP contribution in [0.5, 0.6) is 0 Å². The SMILES string of the molecule is CN(C(=O)c1nn(-c2ccc(Cl)cc2Cl)c2c1CCC2)C1CCNCC1. The molecule has 2 heterocycles. The molecule has 1 N–H and O–H groups in total. The van der Waals surface area contributed by atoms with Gasteiger partial charge in [0.15, 0.2) is 5.69 Å². The summed E-state index contributed by atoms with van der Waals surface area (Å²) in [6.45, 7) is 1.91. The van der Waals surface area contributed by atoms with Crippen LogP contribution in [0.3, 0.4) is 0 Å². The number of nitrogens with one attached hydrogen (secondary N) is 1. The number of benzene rings is 1. The number of fused-ring (bicyclic) bond motifs is 1. The Morgan fingerprint density at radius 2 is 2.04 bits per heavy atom. The number of piperidine rings is 1. The van der Waals surface area contributed by atoms with Gasteiger partial charge in [-0.1, -0.05) is 23.2 Å². The average molecular weight is 393 g/mol. The van der Waals surface area contributed by atoms with E-state index in [4.69, 9.17) is 28.3 Å². The molecule has 0 radical (unpaired) electrons. The number of rotatable bonds is 3. The molecule has 0 atom stereocenters. The molecule has 1 aromatic carbocycles. The Labute approximate surface area is 163 Å². The van der Waals surface area contributed by atoms with Gasteiger partial charge in [0.05, 0.1) is 10.7 Å². The fraction of sp³-hybridized carbons (Fsp3) is 0.474. The second-order valence-electron chi connectivity index (χ2n) is 7.03. The van der Waals surface area contributed by atoms with Crippen molar-refractivity contribution in [2.24, 2.45) is 0 Å². The van der Waals surface area contributed by atoms with Gasteiger partial charge in [0.25, 0.3) is 5.91 Å². The third kappa shape index (κ3) is 3.13. The first-order valence-corrected chi connectivity index (χ1v) is 9.86. The van der Waals surface area contributed by atoms with Crippen molar-refractivity contribution in [3.8, 4) is 5.69 Å². The Kier molecular flexibility index (Phi) is 4.95. The minimum atomic E-state index is 0.0129. The summed E-state index contributed by atoms with van der Waals surface area (Å²) in [5.41, 5.74) is 3.51. The number of aromatic nitrogens is 2. The van der Waals surface area contributed by atoms with Gasteiger partial charge < -0.3 is 10.2 Å². The lowest BCUT2D eigenvalue weighted by molar-refractivity contribution is 0.0695. The summed E-state index contributed by atoms with van der Waals surface area (Å²) >= 11 is 12.4. The quantitative estimate of drug-likeness (QED) is 0.869. The van der Waals surface area contributed by atoms with Gasteiger partial charge in [-0.05, 0) is 63.4 Å². The Bertz CT molecular complexity index is 842. The lowest BCUT2D eigenvalue weighted by Crippen LogP contribution is -2.44. The van der Waals surface area contributed by atoms with Crippen LogP contribution < -0.4 is 5.32 Å².